The maximum atomic E-state index is 6.27. The van der Waals surface area contributed by atoms with Crippen LogP contribution in [0.4, 0.5) is 17.5 Å². The summed E-state index contributed by atoms with van der Waals surface area (Å²) in [5, 5.41) is 1.49. The van der Waals surface area contributed by atoms with E-state index in [4.69, 9.17) is 28.9 Å². The van der Waals surface area contributed by atoms with Crippen LogP contribution in [0, 0.1) is 0 Å². The number of benzene rings is 2. The van der Waals surface area contributed by atoms with Gasteiger partial charge in [-0.25, -0.2) is 9.97 Å². The fraction of sp³-hybridized carbons (Fsp3) is 0. The third kappa shape index (κ3) is 3.56. The minimum atomic E-state index is 0.192. The van der Waals surface area contributed by atoms with Crippen LogP contribution in [0.3, 0.4) is 0 Å². The van der Waals surface area contributed by atoms with Crippen molar-refractivity contribution in [1.29, 1.82) is 0 Å². The highest BCUT2D eigenvalue weighted by Gasteiger charge is 2.15. The minimum absolute atomic E-state index is 0.192. The highest BCUT2D eigenvalue weighted by Crippen LogP contribution is 2.36. The first-order chi connectivity index (χ1) is 13.0. The number of fused-ring (bicyclic) bond motifs is 1. The van der Waals surface area contributed by atoms with Gasteiger partial charge in [-0.1, -0.05) is 47.5 Å². The van der Waals surface area contributed by atoms with Gasteiger partial charge in [0.15, 0.2) is 5.82 Å². The molecule has 134 valence electrons. The molecule has 0 aliphatic heterocycles. The molecule has 27 heavy (non-hydrogen) atoms. The van der Waals surface area contributed by atoms with Gasteiger partial charge in [-0.2, -0.15) is 4.98 Å². The lowest BCUT2D eigenvalue weighted by molar-refractivity contribution is 1.21. The number of halogens is 3. The lowest BCUT2D eigenvalue weighted by Crippen LogP contribution is -2.07. The first kappa shape index (κ1) is 18.0. The maximum Gasteiger partial charge on any atom is 0.222 e. The number of hydrogen-bond donors (Lipinski definition) is 1. The summed E-state index contributed by atoms with van der Waals surface area (Å²) in [5.74, 6) is 0.820. The van der Waals surface area contributed by atoms with Crippen molar-refractivity contribution < 1.29 is 0 Å². The summed E-state index contributed by atoms with van der Waals surface area (Å²) >= 11 is 15.8. The van der Waals surface area contributed by atoms with Crippen LogP contribution in [0.5, 0.6) is 0 Å². The van der Waals surface area contributed by atoms with Gasteiger partial charge in [0.25, 0.3) is 0 Å². The van der Waals surface area contributed by atoms with Gasteiger partial charge in [0.05, 0.1) is 27.4 Å². The number of aromatic nitrogens is 3. The molecule has 0 aliphatic carbocycles. The van der Waals surface area contributed by atoms with Crippen molar-refractivity contribution in [1.82, 2.24) is 15.0 Å². The van der Waals surface area contributed by atoms with Crippen LogP contribution in [0.2, 0.25) is 10.3 Å². The molecule has 0 amide bonds. The average molecular weight is 461 g/mol. The number of hydrogen-bond acceptors (Lipinski definition) is 5. The Morgan fingerprint density at radius 1 is 0.889 bits per heavy atom. The number of rotatable bonds is 3. The molecule has 2 aromatic heterocycles. The van der Waals surface area contributed by atoms with Gasteiger partial charge in [0.1, 0.15) is 10.3 Å². The fourth-order valence-corrected chi connectivity index (χ4v) is 3.72. The van der Waals surface area contributed by atoms with E-state index in [0.29, 0.717) is 16.1 Å². The molecule has 0 saturated carbocycles. The predicted octanol–water partition coefficient (Wildman–Crippen LogP) is 6.03. The summed E-state index contributed by atoms with van der Waals surface area (Å²) in [6.07, 6.45) is 0. The molecule has 4 aromatic rings. The van der Waals surface area contributed by atoms with Crippen molar-refractivity contribution >= 4 is 67.7 Å². The van der Waals surface area contributed by atoms with Crippen molar-refractivity contribution in [2.24, 2.45) is 0 Å². The normalized spacial score (nSPS) is 10.9. The second-order valence-electron chi connectivity index (χ2n) is 5.73. The average Bonchev–Trinajstić information content (AvgIpc) is 2.67. The van der Waals surface area contributed by atoms with E-state index in [1.54, 1.807) is 9.99 Å². The van der Waals surface area contributed by atoms with Gasteiger partial charge in [0.2, 0.25) is 5.95 Å². The van der Waals surface area contributed by atoms with Crippen LogP contribution in [0.1, 0.15) is 0 Å². The second-order valence-corrected chi connectivity index (χ2v) is 7.18. The van der Waals surface area contributed by atoms with Crippen LogP contribution < -0.4 is 9.66 Å². The van der Waals surface area contributed by atoms with E-state index in [1.165, 1.54) is 0 Å². The molecule has 0 fully saturated rings. The smallest absolute Gasteiger partial charge is 0.222 e. The Hall–Kier alpha value is -2.41. The molecule has 0 unspecified atom stereocenters. The molecular formula is C19H12BrCl2N5. The lowest BCUT2D eigenvalue weighted by atomic mass is 10.1. The Kier molecular flexibility index (Phi) is 4.86. The van der Waals surface area contributed by atoms with Crippen LogP contribution in [-0.4, -0.2) is 15.0 Å². The topological polar surface area (TPSA) is 67.9 Å². The van der Waals surface area contributed by atoms with Gasteiger partial charge >= 0.3 is 0 Å². The Morgan fingerprint density at radius 2 is 1.67 bits per heavy atom. The lowest BCUT2D eigenvalue weighted by Gasteiger charge is -2.18. The maximum absolute atomic E-state index is 6.27. The van der Waals surface area contributed by atoms with Crippen LogP contribution in [0.15, 0.2) is 60.7 Å². The van der Waals surface area contributed by atoms with Crippen molar-refractivity contribution in [2.45, 2.75) is 0 Å². The highest BCUT2D eigenvalue weighted by molar-refractivity contribution is 9.10. The number of nitrogen functional groups attached to an aromatic ring is 1. The number of nitrogens with zero attached hydrogens (tertiary/aromatic N) is 4. The van der Waals surface area contributed by atoms with Gasteiger partial charge in [0, 0.05) is 10.9 Å². The first-order valence-corrected chi connectivity index (χ1v) is 9.40. The molecule has 2 N–H and O–H groups in total. The number of pyridine rings is 1. The third-order valence-electron chi connectivity index (χ3n) is 3.99. The number of nitrogens with two attached hydrogens (primary N) is 1. The zero-order valence-corrected chi connectivity index (χ0v) is 16.9. The zero-order chi connectivity index (χ0) is 19.0. The van der Waals surface area contributed by atoms with Gasteiger partial charge < -0.3 is 5.73 Å². The van der Waals surface area contributed by atoms with Crippen LogP contribution >= 0.6 is 39.3 Å². The molecule has 2 heterocycles. The van der Waals surface area contributed by atoms with Gasteiger partial charge in [-0.05, 0) is 42.0 Å². The summed E-state index contributed by atoms with van der Waals surface area (Å²) in [7, 11) is 0. The monoisotopic (exact) mass is 459 g/mol. The summed E-state index contributed by atoms with van der Waals surface area (Å²) < 4.78 is 1.79. The Bertz CT molecular complexity index is 1140. The molecule has 8 heteroatoms. The standard InChI is InChI=1S/C19H12BrCl2N5/c20-27(12-4-2-1-3-5-12)18-14-10-11(6-8-15(14)24-19(23)26-18)13-7-9-16(21)25-17(13)22/h1-10H,(H2,23,24,26). The third-order valence-corrected chi connectivity index (χ3v) is 5.23. The fourth-order valence-electron chi connectivity index (χ4n) is 2.76. The molecule has 2 aromatic carbocycles. The molecule has 0 radical (unpaired) electrons. The van der Waals surface area contributed by atoms with Crippen LogP contribution in [0.25, 0.3) is 22.0 Å². The molecule has 0 saturated heterocycles. The van der Waals surface area contributed by atoms with E-state index < -0.39 is 0 Å². The Balaban J connectivity index is 1.91. The quantitative estimate of drug-likeness (QED) is 0.298. The molecule has 0 bridgehead atoms. The molecule has 5 nitrogen and oxygen atoms in total. The molecule has 0 spiro atoms. The second kappa shape index (κ2) is 7.31. The molecule has 4 rings (SSSR count). The van der Waals surface area contributed by atoms with Crippen molar-refractivity contribution in [2.75, 3.05) is 9.66 Å². The molecule has 0 atom stereocenters. The van der Waals surface area contributed by atoms with Crippen molar-refractivity contribution in [3.05, 3.63) is 71.0 Å². The highest BCUT2D eigenvalue weighted by atomic mass is 79.9. The summed E-state index contributed by atoms with van der Waals surface area (Å²) in [6.45, 7) is 0. The van der Waals surface area contributed by atoms with E-state index in [2.05, 4.69) is 31.1 Å². The number of para-hydroxylation sites is 1. The SMILES string of the molecule is Nc1nc(N(Br)c2ccccc2)c2cc(-c3ccc(Cl)nc3Cl)ccc2n1. The largest absolute Gasteiger partial charge is 0.368 e. The summed E-state index contributed by atoms with van der Waals surface area (Å²) in [6, 6.07) is 19.0. The van der Waals surface area contributed by atoms with E-state index in [9.17, 15) is 0 Å². The minimum Gasteiger partial charge on any atom is -0.368 e. The predicted molar refractivity (Wildman–Crippen MR) is 115 cm³/mol. The van der Waals surface area contributed by atoms with E-state index >= 15 is 0 Å². The van der Waals surface area contributed by atoms with E-state index in [0.717, 1.165) is 27.7 Å². The Morgan fingerprint density at radius 3 is 2.41 bits per heavy atom. The van der Waals surface area contributed by atoms with Crippen molar-refractivity contribution in [3.63, 3.8) is 0 Å². The summed E-state index contributed by atoms with van der Waals surface area (Å²) in [4.78, 5) is 12.9. The molecule has 0 aliphatic rings. The van der Waals surface area contributed by atoms with E-state index in [-0.39, 0.29) is 5.95 Å². The summed E-state index contributed by atoms with van der Waals surface area (Å²) in [5.41, 5.74) is 9.19. The van der Waals surface area contributed by atoms with Crippen LogP contribution in [-0.2, 0) is 0 Å². The zero-order valence-electron chi connectivity index (χ0n) is 13.8. The number of anilines is 3. The van der Waals surface area contributed by atoms with Gasteiger partial charge in [-0.3, -0.25) is 3.93 Å². The van der Waals surface area contributed by atoms with E-state index in [1.807, 2.05) is 54.6 Å². The van der Waals surface area contributed by atoms with Gasteiger partial charge in [-0.15, -0.1) is 0 Å². The van der Waals surface area contributed by atoms with Crippen molar-refractivity contribution in [3.8, 4) is 11.1 Å². The first-order valence-electron chi connectivity index (χ1n) is 7.93. The Labute approximate surface area is 174 Å². The molecular weight excluding hydrogens is 449 g/mol.